The molecular formula is C15H18N2O4. The van der Waals surface area contributed by atoms with Gasteiger partial charge in [0, 0.05) is 18.1 Å². The van der Waals surface area contributed by atoms with Gasteiger partial charge in [0.25, 0.3) is 0 Å². The minimum absolute atomic E-state index is 0.198. The number of anilines is 1. The van der Waals surface area contributed by atoms with Crippen LogP contribution in [0.15, 0.2) is 24.4 Å². The largest absolute Gasteiger partial charge is 0.486 e. The lowest BCUT2D eigenvalue weighted by atomic mass is 10.1. The van der Waals surface area contributed by atoms with Crippen molar-refractivity contribution in [3.63, 3.8) is 0 Å². The Kier molecular flexibility index (Phi) is 3.57. The number of ether oxygens (including phenoxy) is 2. The number of nitrogens with zero attached hydrogens (tertiary/aromatic N) is 1. The smallest absolute Gasteiger partial charge is 0.162 e. The summed E-state index contributed by atoms with van der Waals surface area (Å²) >= 11 is 0. The van der Waals surface area contributed by atoms with Gasteiger partial charge in [0.05, 0.1) is 6.61 Å². The van der Waals surface area contributed by atoms with E-state index < -0.39 is 5.60 Å². The number of aliphatic hydroxyl groups is 2. The van der Waals surface area contributed by atoms with Crippen LogP contribution < -0.4 is 14.8 Å². The molecule has 6 heteroatoms. The molecule has 0 bridgehead atoms. The number of fused-ring (bicyclic) bond motifs is 2. The summed E-state index contributed by atoms with van der Waals surface area (Å²) < 4.78 is 11.1. The third-order valence-electron chi connectivity index (χ3n) is 3.40. The average Bonchev–Trinajstić information content (AvgIpc) is 2.51. The SMILES string of the molecule is CC(O)(CO)CNc1nccc2cc3c(cc12)OCCO3. The quantitative estimate of drug-likeness (QED) is 0.783. The summed E-state index contributed by atoms with van der Waals surface area (Å²) in [5, 5.41) is 23.9. The van der Waals surface area contributed by atoms with Crippen LogP contribution in [-0.2, 0) is 0 Å². The van der Waals surface area contributed by atoms with Gasteiger partial charge in [-0.2, -0.15) is 0 Å². The van der Waals surface area contributed by atoms with Gasteiger partial charge in [0.1, 0.15) is 24.6 Å². The number of pyridine rings is 1. The molecule has 0 radical (unpaired) electrons. The fraction of sp³-hybridized carbons (Fsp3) is 0.400. The third-order valence-corrected chi connectivity index (χ3v) is 3.40. The fourth-order valence-corrected chi connectivity index (χ4v) is 2.18. The summed E-state index contributed by atoms with van der Waals surface area (Å²) in [4.78, 5) is 4.29. The molecule has 1 aromatic heterocycles. The van der Waals surface area contributed by atoms with Gasteiger partial charge in [-0.3, -0.25) is 0 Å². The van der Waals surface area contributed by atoms with Crippen LogP contribution in [0, 0.1) is 0 Å². The first-order valence-corrected chi connectivity index (χ1v) is 6.84. The standard InChI is InChI=1S/C15H18N2O4/c1-15(19,9-18)8-17-14-11-7-13-12(20-4-5-21-13)6-10(11)2-3-16-14/h2-3,6-7,18-19H,4-5,8-9H2,1H3,(H,16,17). The monoisotopic (exact) mass is 290 g/mol. The van der Waals surface area contributed by atoms with Crippen molar-refractivity contribution in [3.05, 3.63) is 24.4 Å². The zero-order chi connectivity index (χ0) is 14.9. The zero-order valence-electron chi connectivity index (χ0n) is 11.8. The maximum atomic E-state index is 9.86. The van der Waals surface area contributed by atoms with E-state index in [-0.39, 0.29) is 13.2 Å². The second kappa shape index (κ2) is 5.38. The highest BCUT2D eigenvalue weighted by Crippen LogP contribution is 2.36. The van der Waals surface area contributed by atoms with Gasteiger partial charge >= 0.3 is 0 Å². The lowest BCUT2D eigenvalue weighted by Gasteiger charge is -2.22. The second-order valence-corrected chi connectivity index (χ2v) is 5.39. The van der Waals surface area contributed by atoms with E-state index in [0.717, 1.165) is 16.5 Å². The summed E-state index contributed by atoms with van der Waals surface area (Å²) in [7, 11) is 0. The van der Waals surface area contributed by atoms with Gasteiger partial charge in [-0.05, 0) is 30.5 Å². The summed E-state index contributed by atoms with van der Waals surface area (Å²) in [5.74, 6) is 2.06. The van der Waals surface area contributed by atoms with E-state index in [0.29, 0.717) is 24.8 Å². The van der Waals surface area contributed by atoms with E-state index in [4.69, 9.17) is 14.6 Å². The Labute approximate surface area is 122 Å². The summed E-state index contributed by atoms with van der Waals surface area (Å²) in [6.45, 7) is 2.51. The van der Waals surface area contributed by atoms with E-state index >= 15 is 0 Å². The zero-order valence-corrected chi connectivity index (χ0v) is 11.8. The molecule has 0 aliphatic carbocycles. The Morgan fingerprint density at radius 1 is 1.29 bits per heavy atom. The summed E-state index contributed by atoms with van der Waals surface area (Å²) in [5.41, 5.74) is -1.20. The Bertz CT molecular complexity index is 657. The average molecular weight is 290 g/mol. The number of aliphatic hydroxyl groups excluding tert-OH is 1. The predicted molar refractivity (Wildman–Crippen MR) is 78.9 cm³/mol. The van der Waals surface area contributed by atoms with Crippen LogP contribution in [0.2, 0.25) is 0 Å². The van der Waals surface area contributed by atoms with Crippen molar-refractivity contribution in [2.75, 3.05) is 31.7 Å². The maximum Gasteiger partial charge on any atom is 0.162 e. The topological polar surface area (TPSA) is 83.8 Å². The highest BCUT2D eigenvalue weighted by atomic mass is 16.6. The number of nitrogens with one attached hydrogen (secondary N) is 1. The first kappa shape index (κ1) is 13.9. The first-order chi connectivity index (χ1) is 10.1. The molecule has 1 aliphatic rings. The van der Waals surface area contributed by atoms with Gasteiger partial charge in [-0.25, -0.2) is 4.98 Å². The molecule has 21 heavy (non-hydrogen) atoms. The predicted octanol–water partition coefficient (Wildman–Crippen LogP) is 1.16. The molecule has 3 rings (SSSR count). The lowest BCUT2D eigenvalue weighted by Crippen LogP contribution is -2.37. The fourth-order valence-electron chi connectivity index (χ4n) is 2.18. The van der Waals surface area contributed by atoms with Crippen molar-refractivity contribution >= 4 is 16.6 Å². The van der Waals surface area contributed by atoms with Crippen molar-refractivity contribution in [2.45, 2.75) is 12.5 Å². The van der Waals surface area contributed by atoms with Crippen LogP contribution in [0.3, 0.4) is 0 Å². The molecule has 1 aromatic carbocycles. The van der Waals surface area contributed by atoms with Gasteiger partial charge in [-0.1, -0.05) is 0 Å². The molecule has 1 unspecified atom stereocenters. The molecule has 6 nitrogen and oxygen atoms in total. The highest BCUT2D eigenvalue weighted by molar-refractivity contribution is 5.94. The molecule has 3 N–H and O–H groups in total. The second-order valence-electron chi connectivity index (χ2n) is 5.39. The van der Waals surface area contributed by atoms with E-state index in [1.165, 1.54) is 0 Å². The number of hydrogen-bond acceptors (Lipinski definition) is 6. The molecule has 1 aliphatic heterocycles. The molecule has 1 atom stereocenters. The normalized spacial score (nSPS) is 16.5. The molecule has 112 valence electrons. The molecule has 0 saturated heterocycles. The highest BCUT2D eigenvalue weighted by Gasteiger charge is 2.20. The maximum absolute atomic E-state index is 9.86. The van der Waals surface area contributed by atoms with E-state index in [1.807, 2.05) is 18.2 Å². The van der Waals surface area contributed by atoms with Crippen molar-refractivity contribution in [3.8, 4) is 11.5 Å². The Balaban J connectivity index is 1.95. The van der Waals surface area contributed by atoms with Crippen molar-refractivity contribution < 1.29 is 19.7 Å². The molecule has 0 saturated carbocycles. The molecule has 0 amide bonds. The third kappa shape index (κ3) is 2.86. The minimum atomic E-state index is -1.20. The van der Waals surface area contributed by atoms with Gasteiger partial charge in [-0.15, -0.1) is 0 Å². The van der Waals surface area contributed by atoms with Crippen LogP contribution in [0.5, 0.6) is 11.5 Å². The van der Waals surface area contributed by atoms with Gasteiger partial charge in [0.15, 0.2) is 11.5 Å². The number of aromatic nitrogens is 1. The molecule has 0 spiro atoms. The Morgan fingerprint density at radius 2 is 2.00 bits per heavy atom. The minimum Gasteiger partial charge on any atom is -0.486 e. The van der Waals surface area contributed by atoms with Crippen LogP contribution in [0.1, 0.15) is 6.92 Å². The first-order valence-electron chi connectivity index (χ1n) is 6.84. The van der Waals surface area contributed by atoms with Gasteiger partial charge < -0.3 is 25.0 Å². The number of hydrogen-bond donors (Lipinski definition) is 3. The van der Waals surface area contributed by atoms with Crippen molar-refractivity contribution in [2.24, 2.45) is 0 Å². The van der Waals surface area contributed by atoms with Crippen LogP contribution >= 0.6 is 0 Å². The van der Waals surface area contributed by atoms with Crippen molar-refractivity contribution in [1.29, 1.82) is 0 Å². The summed E-state index contributed by atoms with van der Waals surface area (Å²) in [6.07, 6.45) is 1.69. The molecule has 2 aromatic rings. The molecule has 2 heterocycles. The number of rotatable bonds is 4. The van der Waals surface area contributed by atoms with Crippen LogP contribution in [0.25, 0.3) is 10.8 Å². The van der Waals surface area contributed by atoms with Crippen LogP contribution in [-0.4, -0.2) is 47.2 Å². The van der Waals surface area contributed by atoms with Crippen molar-refractivity contribution in [1.82, 2.24) is 4.98 Å². The van der Waals surface area contributed by atoms with E-state index in [2.05, 4.69) is 10.3 Å². The molecular weight excluding hydrogens is 272 g/mol. The molecule has 0 fully saturated rings. The Hall–Kier alpha value is -2.05. The van der Waals surface area contributed by atoms with E-state index in [1.54, 1.807) is 13.1 Å². The van der Waals surface area contributed by atoms with Gasteiger partial charge in [0.2, 0.25) is 0 Å². The lowest BCUT2D eigenvalue weighted by molar-refractivity contribution is 0.0132. The number of benzene rings is 1. The van der Waals surface area contributed by atoms with E-state index in [9.17, 15) is 5.11 Å². The van der Waals surface area contributed by atoms with Crippen LogP contribution in [0.4, 0.5) is 5.82 Å². The Morgan fingerprint density at radius 3 is 2.71 bits per heavy atom. The summed E-state index contributed by atoms with van der Waals surface area (Å²) in [6, 6.07) is 5.69.